The van der Waals surface area contributed by atoms with Gasteiger partial charge in [0.2, 0.25) is 0 Å². The van der Waals surface area contributed by atoms with E-state index >= 15 is 0 Å². The van der Waals surface area contributed by atoms with Gasteiger partial charge in [-0.05, 0) is 32.0 Å². The van der Waals surface area contributed by atoms with Crippen molar-refractivity contribution in [2.45, 2.75) is 13.8 Å². The summed E-state index contributed by atoms with van der Waals surface area (Å²) in [5.74, 6) is -0.353. The molecule has 0 heterocycles. The van der Waals surface area contributed by atoms with Gasteiger partial charge < -0.3 is 15.4 Å². The van der Waals surface area contributed by atoms with Crippen LogP contribution in [0.5, 0.6) is 0 Å². The molecule has 0 radical (unpaired) electrons. The standard InChI is InChI=1S/C12H18N2O2/c1-4-14(5-2)11-7-6-9(13)8-10(11)12(15)16-3/h6-8H,4-5,13H2,1-3H3. The van der Waals surface area contributed by atoms with E-state index in [0.717, 1.165) is 18.8 Å². The average Bonchev–Trinajstić information content (AvgIpc) is 2.31. The number of esters is 1. The topological polar surface area (TPSA) is 55.6 Å². The number of methoxy groups -OCH3 is 1. The minimum absolute atomic E-state index is 0.353. The summed E-state index contributed by atoms with van der Waals surface area (Å²) in [7, 11) is 1.37. The minimum Gasteiger partial charge on any atom is -0.465 e. The number of benzene rings is 1. The SMILES string of the molecule is CCN(CC)c1ccc(N)cc1C(=O)OC. The smallest absolute Gasteiger partial charge is 0.340 e. The summed E-state index contributed by atoms with van der Waals surface area (Å²) in [5, 5.41) is 0. The van der Waals surface area contributed by atoms with E-state index in [1.165, 1.54) is 7.11 Å². The summed E-state index contributed by atoms with van der Waals surface area (Å²) in [6, 6.07) is 5.30. The van der Waals surface area contributed by atoms with Crippen LogP contribution < -0.4 is 10.6 Å². The lowest BCUT2D eigenvalue weighted by Crippen LogP contribution is -2.24. The summed E-state index contributed by atoms with van der Waals surface area (Å²) in [6.07, 6.45) is 0. The molecule has 0 atom stereocenters. The molecule has 2 N–H and O–H groups in total. The fraction of sp³-hybridized carbons (Fsp3) is 0.417. The fourth-order valence-electron chi connectivity index (χ4n) is 1.67. The van der Waals surface area contributed by atoms with Crippen LogP contribution in [0.4, 0.5) is 11.4 Å². The largest absolute Gasteiger partial charge is 0.465 e. The molecule has 4 heteroatoms. The Morgan fingerprint density at radius 1 is 1.38 bits per heavy atom. The van der Waals surface area contributed by atoms with Gasteiger partial charge in [0.25, 0.3) is 0 Å². The molecule has 0 aromatic heterocycles. The van der Waals surface area contributed by atoms with Crippen LogP contribution in [0.15, 0.2) is 18.2 Å². The number of hydrogen-bond donors (Lipinski definition) is 1. The molecule has 0 amide bonds. The van der Waals surface area contributed by atoms with E-state index in [2.05, 4.69) is 4.90 Å². The van der Waals surface area contributed by atoms with E-state index in [1.54, 1.807) is 12.1 Å². The zero-order valence-electron chi connectivity index (χ0n) is 9.99. The second kappa shape index (κ2) is 5.39. The maximum absolute atomic E-state index is 11.6. The maximum atomic E-state index is 11.6. The van der Waals surface area contributed by atoms with E-state index in [1.807, 2.05) is 19.9 Å². The number of ether oxygens (including phenoxy) is 1. The quantitative estimate of drug-likeness (QED) is 0.624. The molecular formula is C12H18N2O2. The molecule has 88 valence electrons. The van der Waals surface area contributed by atoms with Crippen molar-refractivity contribution in [2.24, 2.45) is 0 Å². The summed E-state index contributed by atoms with van der Waals surface area (Å²) >= 11 is 0. The molecule has 0 aliphatic carbocycles. The molecule has 0 saturated heterocycles. The van der Waals surface area contributed by atoms with Crippen molar-refractivity contribution in [3.05, 3.63) is 23.8 Å². The normalized spacial score (nSPS) is 9.94. The Kier molecular flexibility index (Phi) is 4.17. The zero-order chi connectivity index (χ0) is 12.1. The van der Waals surface area contributed by atoms with Crippen LogP contribution in [0.3, 0.4) is 0 Å². The van der Waals surface area contributed by atoms with Crippen molar-refractivity contribution in [1.29, 1.82) is 0 Å². The van der Waals surface area contributed by atoms with Gasteiger partial charge in [-0.2, -0.15) is 0 Å². The van der Waals surface area contributed by atoms with Gasteiger partial charge in [-0.15, -0.1) is 0 Å². The van der Waals surface area contributed by atoms with Crippen LogP contribution in [0.2, 0.25) is 0 Å². The van der Waals surface area contributed by atoms with Crippen molar-refractivity contribution in [3.8, 4) is 0 Å². The molecule has 0 aliphatic rings. The Morgan fingerprint density at radius 2 is 2.00 bits per heavy atom. The third-order valence-electron chi connectivity index (χ3n) is 2.53. The molecule has 0 aliphatic heterocycles. The maximum Gasteiger partial charge on any atom is 0.340 e. The lowest BCUT2D eigenvalue weighted by atomic mass is 10.1. The highest BCUT2D eigenvalue weighted by Crippen LogP contribution is 2.23. The van der Waals surface area contributed by atoms with Gasteiger partial charge in [0, 0.05) is 18.8 Å². The first kappa shape index (κ1) is 12.4. The van der Waals surface area contributed by atoms with Gasteiger partial charge in [0.1, 0.15) is 0 Å². The van der Waals surface area contributed by atoms with Crippen LogP contribution in [0, 0.1) is 0 Å². The zero-order valence-corrected chi connectivity index (χ0v) is 9.99. The fourth-order valence-corrected chi connectivity index (χ4v) is 1.67. The molecule has 0 saturated carbocycles. The van der Waals surface area contributed by atoms with E-state index in [4.69, 9.17) is 10.5 Å². The molecule has 0 unspecified atom stereocenters. The Morgan fingerprint density at radius 3 is 2.50 bits per heavy atom. The summed E-state index contributed by atoms with van der Waals surface area (Å²) < 4.78 is 4.75. The second-order valence-corrected chi connectivity index (χ2v) is 3.44. The first-order chi connectivity index (χ1) is 7.63. The Balaban J connectivity index is 3.21. The lowest BCUT2D eigenvalue weighted by molar-refractivity contribution is 0.0601. The van der Waals surface area contributed by atoms with Crippen molar-refractivity contribution in [2.75, 3.05) is 30.8 Å². The number of hydrogen-bond acceptors (Lipinski definition) is 4. The van der Waals surface area contributed by atoms with Crippen LogP contribution >= 0.6 is 0 Å². The van der Waals surface area contributed by atoms with Gasteiger partial charge in [-0.25, -0.2) is 4.79 Å². The van der Waals surface area contributed by atoms with Crippen LogP contribution in [-0.2, 0) is 4.74 Å². The number of nitrogen functional groups attached to an aromatic ring is 1. The first-order valence-corrected chi connectivity index (χ1v) is 5.36. The lowest BCUT2D eigenvalue weighted by Gasteiger charge is -2.23. The summed E-state index contributed by atoms with van der Waals surface area (Å²) in [5.41, 5.74) is 7.63. The van der Waals surface area contributed by atoms with Gasteiger partial charge in [-0.3, -0.25) is 0 Å². The van der Waals surface area contributed by atoms with E-state index in [-0.39, 0.29) is 5.97 Å². The number of nitrogens with two attached hydrogens (primary N) is 1. The van der Waals surface area contributed by atoms with Crippen LogP contribution in [0.1, 0.15) is 24.2 Å². The number of rotatable bonds is 4. The predicted molar refractivity (Wildman–Crippen MR) is 65.8 cm³/mol. The van der Waals surface area contributed by atoms with E-state index in [9.17, 15) is 4.79 Å². The molecule has 0 spiro atoms. The molecule has 16 heavy (non-hydrogen) atoms. The van der Waals surface area contributed by atoms with E-state index < -0.39 is 0 Å². The predicted octanol–water partition coefficient (Wildman–Crippen LogP) is 1.90. The van der Waals surface area contributed by atoms with Gasteiger partial charge >= 0.3 is 5.97 Å². The number of nitrogens with zero attached hydrogens (tertiary/aromatic N) is 1. The highest BCUT2D eigenvalue weighted by molar-refractivity contribution is 5.96. The minimum atomic E-state index is -0.353. The highest BCUT2D eigenvalue weighted by Gasteiger charge is 2.15. The highest BCUT2D eigenvalue weighted by atomic mass is 16.5. The Hall–Kier alpha value is -1.71. The van der Waals surface area contributed by atoms with Crippen molar-refractivity contribution >= 4 is 17.3 Å². The van der Waals surface area contributed by atoms with Crippen LogP contribution in [0.25, 0.3) is 0 Å². The van der Waals surface area contributed by atoms with Gasteiger partial charge in [0.05, 0.1) is 18.4 Å². The monoisotopic (exact) mass is 222 g/mol. The third-order valence-corrected chi connectivity index (χ3v) is 2.53. The molecule has 0 fully saturated rings. The summed E-state index contributed by atoms with van der Waals surface area (Å²) in [4.78, 5) is 13.7. The average molecular weight is 222 g/mol. The number of anilines is 2. The molecule has 4 nitrogen and oxygen atoms in total. The van der Waals surface area contributed by atoms with Crippen LogP contribution in [-0.4, -0.2) is 26.2 Å². The summed E-state index contributed by atoms with van der Waals surface area (Å²) in [6.45, 7) is 5.76. The van der Waals surface area contributed by atoms with Gasteiger partial charge in [-0.1, -0.05) is 0 Å². The molecular weight excluding hydrogens is 204 g/mol. The molecule has 1 aromatic carbocycles. The number of carbonyl (C=O) groups excluding carboxylic acids is 1. The molecule has 0 bridgehead atoms. The Labute approximate surface area is 96.0 Å². The number of carbonyl (C=O) groups is 1. The van der Waals surface area contributed by atoms with Gasteiger partial charge in [0.15, 0.2) is 0 Å². The molecule has 1 rings (SSSR count). The van der Waals surface area contributed by atoms with Crippen molar-refractivity contribution < 1.29 is 9.53 Å². The second-order valence-electron chi connectivity index (χ2n) is 3.44. The van der Waals surface area contributed by atoms with Crippen molar-refractivity contribution in [1.82, 2.24) is 0 Å². The Bertz CT molecular complexity index is 373. The van der Waals surface area contributed by atoms with E-state index in [0.29, 0.717) is 11.3 Å². The third kappa shape index (κ3) is 2.45. The molecule has 1 aromatic rings. The first-order valence-electron chi connectivity index (χ1n) is 5.36. The van der Waals surface area contributed by atoms with Crippen molar-refractivity contribution in [3.63, 3.8) is 0 Å².